The van der Waals surface area contributed by atoms with Crippen molar-refractivity contribution < 1.29 is 19.5 Å². The Hall–Kier alpha value is -3.25. The number of nitrogens with zero attached hydrogens (tertiary/aromatic N) is 1. The molecule has 27 heavy (non-hydrogen) atoms. The first-order valence-corrected chi connectivity index (χ1v) is 8.43. The molecule has 0 radical (unpaired) electrons. The van der Waals surface area contributed by atoms with Crippen LogP contribution in [0.4, 0.5) is 0 Å². The third kappa shape index (κ3) is 5.12. The van der Waals surface area contributed by atoms with Crippen LogP contribution in [0.15, 0.2) is 54.6 Å². The van der Waals surface area contributed by atoms with E-state index in [0.29, 0.717) is 5.56 Å². The third-order valence-corrected chi connectivity index (χ3v) is 4.09. The Morgan fingerprint density at radius 1 is 1.00 bits per heavy atom. The molecule has 0 bridgehead atoms. The van der Waals surface area contributed by atoms with Crippen LogP contribution in [-0.2, 0) is 9.59 Å². The van der Waals surface area contributed by atoms with Crippen molar-refractivity contribution >= 4 is 29.7 Å². The number of amides is 2. The van der Waals surface area contributed by atoms with Gasteiger partial charge in [-0.25, -0.2) is 0 Å². The van der Waals surface area contributed by atoms with Crippen molar-refractivity contribution in [1.82, 2.24) is 10.2 Å². The minimum Gasteiger partial charge on any atom is -0.388 e. The van der Waals surface area contributed by atoms with E-state index in [1.54, 1.807) is 24.3 Å². The Labute approximate surface area is 158 Å². The van der Waals surface area contributed by atoms with Gasteiger partial charge >= 0.3 is 0 Å². The van der Waals surface area contributed by atoms with Crippen LogP contribution < -0.4 is 5.32 Å². The number of carbonyl (C=O) groups is 3. The van der Waals surface area contributed by atoms with Gasteiger partial charge in [0.05, 0.1) is 0 Å². The summed E-state index contributed by atoms with van der Waals surface area (Å²) >= 11 is 0. The van der Waals surface area contributed by atoms with Crippen molar-refractivity contribution in [3.05, 3.63) is 71.3 Å². The predicted molar refractivity (Wildman–Crippen MR) is 104 cm³/mol. The number of likely N-dealkylation sites (N-methyl/N-ethyl adjacent to an activating group) is 2. The summed E-state index contributed by atoms with van der Waals surface area (Å²) in [6, 6.07) is 15.3. The zero-order valence-electron chi connectivity index (χ0n) is 15.3. The number of aliphatic hydroxyl groups is 1. The van der Waals surface area contributed by atoms with Gasteiger partial charge in [0.15, 0.2) is 11.8 Å². The number of carbonyl (C=O) groups excluding carboxylic acids is 3. The normalized spacial score (nSPS) is 11.8. The second-order valence-electron chi connectivity index (χ2n) is 5.92. The van der Waals surface area contributed by atoms with E-state index in [2.05, 4.69) is 5.32 Å². The van der Waals surface area contributed by atoms with E-state index >= 15 is 0 Å². The van der Waals surface area contributed by atoms with E-state index in [1.165, 1.54) is 14.1 Å². The molecule has 0 aliphatic rings. The van der Waals surface area contributed by atoms with Crippen LogP contribution in [0.3, 0.4) is 0 Å². The van der Waals surface area contributed by atoms with E-state index in [-0.39, 0.29) is 0 Å². The fourth-order valence-electron chi connectivity index (χ4n) is 2.58. The predicted octanol–water partition coefficient (Wildman–Crippen LogP) is 1.61. The highest BCUT2D eigenvalue weighted by molar-refractivity contribution is 6.10. The average molecular weight is 366 g/mol. The molecule has 0 saturated heterocycles. The summed E-state index contributed by atoms with van der Waals surface area (Å²) in [5.74, 6) is -1.87. The Morgan fingerprint density at radius 3 is 2.07 bits per heavy atom. The molecule has 0 spiro atoms. The lowest BCUT2D eigenvalue weighted by molar-refractivity contribution is -0.135. The van der Waals surface area contributed by atoms with Crippen LogP contribution in [0.2, 0.25) is 0 Å². The summed E-state index contributed by atoms with van der Waals surface area (Å²) in [4.78, 5) is 37.4. The zero-order valence-corrected chi connectivity index (χ0v) is 15.3. The molecular formula is C21H22N2O4. The summed E-state index contributed by atoms with van der Waals surface area (Å²) in [6.45, 7) is -0.821. The number of hydrogen-bond donors (Lipinski definition) is 2. The first-order chi connectivity index (χ1) is 13.0. The number of nitrogens with one attached hydrogen (secondary N) is 1. The van der Waals surface area contributed by atoms with Gasteiger partial charge in [0.1, 0.15) is 6.61 Å². The monoisotopic (exact) mass is 366 g/mol. The van der Waals surface area contributed by atoms with Crippen LogP contribution in [0.1, 0.15) is 21.5 Å². The van der Waals surface area contributed by atoms with E-state index in [9.17, 15) is 14.4 Å². The summed E-state index contributed by atoms with van der Waals surface area (Å²) in [5, 5.41) is 11.4. The van der Waals surface area contributed by atoms with E-state index in [1.807, 2.05) is 42.5 Å². The fourth-order valence-corrected chi connectivity index (χ4v) is 2.58. The van der Waals surface area contributed by atoms with Crippen molar-refractivity contribution in [3.8, 4) is 0 Å². The maximum absolute atomic E-state index is 12.6. The topological polar surface area (TPSA) is 86.7 Å². The van der Waals surface area contributed by atoms with Crippen LogP contribution in [-0.4, -0.2) is 54.3 Å². The van der Waals surface area contributed by atoms with Crippen LogP contribution in [0.25, 0.3) is 12.2 Å². The van der Waals surface area contributed by atoms with Gasteiger partial charge in [0.25, 0.3) is 5.91 Å². The lowest BCUT2D eigenvalue weighted by Crippen LogP contribution is -2.52. The van der Waals surface area contributed by atoms with E-state index < -0.39 is 30.2 Å². The lowest BCUT2D eigenvalue weighted by Gasteiger charge is -2.25. The number of hydrogen-bond acceptors (Lipinski definition) is 4. The molecule has 0 aliphatic heterocycles. The second-order valence-corrected chi connectivity index (χ2v) is 5.92. The van der Waals surface area contributed by atoms with Gasteiger partial charge in [0, 0.05) is 19.7 Å². The molecule has 1 atom stereocenters. The molecule has 2 N–H and O–H groups in total. The average Bonchev–Trinajstić information content (AvgIpc) is 2.72. The Balaban J connectivity index is 2.15. The molecule has 0 fully saturated rings. The Kier molecular flexibility index (Phi) is 7.02. The van der Waals surface area contributed by atoms with Gasteiger partial charge in [-0.05, 0) is 23.3 Å². The molecular weight excluding hydrogens is 344 g/mol. The lowest BCUT2D eigenvalue weighted by atomic mass is 10.1. The highest BCUT2D eigenvalue weighted by atomic mass is 16.3. The van der Waals surface area contributed by atoms with Gasteiger partial charge in [-0.1, -0.05) is 54.6 Å². The van der Waals surface area contributed by atoms with E-state index in [0.717, 1.165) is 16.0 Å². The number of benzene rings is 2. The maximum atomic E-state index is 12.6. The summed E-state index contributed by atoms with van der Waals surface area (Å²) < 4.78 is 0. The van der Waals surface area contributed by atoms with Crippen molar-refractivity contribution in [2.45, 2.75) is 6.04 Å². The molecule has 2 aromatic rings. The van der Waals surface area contributed by atoms with Gasteiger partial charge in [-0.3, -0.25) is 14.4 Å². The number of ketones is 1. The standard InChI is InChI=1S/C21H22N2O4/c1-22-20(26)19(18(25)14-24)23(2)21(27)17-12-10-16(11-13-17)9-8-15-6-4-3-5-7-15/h3-13,19,24H,14H2,1-2H3,(H,22,26)/b9-8+. The van der Waals surface area contributed by atoms with Gasteiger partial charge in [0.2, 0.25) is 5.91 Å². The second kappa shape index (κ2) is 9.45. The first kappa shape index (κ1) is 20.1. The largest absolute Gasteiger partial charge is 0.388 e. The first-order valence-electron chi connectivity index (χ1n) is 8.43. The Morgan fingerprint density at radius 2 is 1.56 bits per heavy atom. The number of Topliss-reactive ketones (excluding diaryl/α,β-unsaturated/α-hetero) is 1. The number of rotatable bonds is 7. The molecule has 6 nitrogen and oxygen atoms in total. The van der Waals surface area contributed by atoms with Gasteiger partial charge in [-0.15, -0.1) is 0 Å². The van der Waals surface area contributed by atoms with Crippen LogP contribution in [0, 0.1) is 0 Å². The third-order valence-electron chi connectivity index (χ3n) is 4.09. The fraction of sp³-hybridized carbons (Fsp3) is 0.190. The van der Waals surface area contributed by atoms with Crippen molar-refractivity contribution in [1.29, 1.82) is 0 Å². The molecule has 2 aromatic carbocycles. The van der Waals surface area contributed by atoms with Gasteiger partial charge in [-0.2, -0.15) is 0 Å². The minimum atomic E-state index is -1.37. The molecule has 0 saturated carbocycles. The molecule has 0 aromatic heterocycles. The van der Waals surface area contributed by atoms with Crippen LogP contribution >= 0.6 is 0 Å². The van der Waals surface area contributed by atoms with Crippen molar-refractivity contribution in [2.75, 3.05) is 20.7 Å². The van der Waals surface area contributed by atoms with Gasteiger partial charge < -0.3 is 15.3 Å². The molecule has 6 heteroatoms. The molecule has 0 heterocycles. The van der Waals surface area contributed by atoms with Crippen LogP contribution in [0.5, 0.6) is 0 Å². The Bertz CT molecular complexity index is 813. The molecule has 2 amide bonds. The number of aliphatic hydroxyl groups excluding tert-OH is 1. The highest BCUT2D eigenvalue weighted by Gasteiger charge is 2.32. The highest BCUT2D eigenvalue weighted by Crippen LogP contribution is 2.13. The molecule has 0 aliphatic carbocycles. The zero-order chi connectivity index (χ0) is 19.8. The molecule has 1 unspecified atom stereocenters. The quantitative estimate of drug-likeness (QED) is 0.576. The van der Waals surface area contributed by atoms with Crippen molar-refractivity contribution in [2.24, 2.45) is 0 Å². The van der Waals surface area contributed by atoms with E-state index in [4.69, 9.17) is 5.11 Å². The maximum Gasteiger partial charge on any atom is 0.254 e. The molecule has 2 rings (SSSR count). The minimum absolute atomic E-state index is 0.342. The van der Waals surface area contributed by atoms with Crippen molar-refractivity contribution in [3.63, 3.8) is 0 Å². The summed E-state index contributed by atoms with van der Waals surface area (Å²) in [6.07, 6.45) is 3.89. The SMILES string of the molecule is CNC(=O)C(C(=O)CO)N(C)C(=O)c1ccc(/C=C/c2ccccc2)cc1. The summed E-state index contributed by atoms with van der Waals surface area (Å²) in [7, 11) is 2.73. The summed E-state index contributed by atoms with van der Waals surface area (Å²) in [5.41, 5.74) is 2.31. The smallest absolute Gasteiger partial charge is 0.254 e. The molecule has 140 valence electrons.